The van der Waals surface area contributed by atoms with Gasteiger partial charge in [-0.1, -0.05) is 11.6 Å². The van der Waals surface area contributed by atoms with E-state index in [4.69, 9.17) is 17.3 Å². The number of halogens is 1. The number of nitrogens with one attached hydrogen (secondary N) is 2. The summed E-state index contributed by atoms with van der Waals surface area (Å²) in [6.45, 7) is 6.85. The Morgan fingerprint density at radius 3 is 2.30 bits per heavy atom. The molecular formula is C12H18ClN3O3S. The Balaban J connectivity index is 3.04. The summed E-state index contributed by atoms with van der Waals surface area (Å²) in [7, 11) is -3.99. The van der Waals surface area contributed by atoms with Gasteiger partial charge in [0.1, 0.15) is 0 Å². The number of sulfonamides is 1. The van der Waals surface area contributed by atoms with Crippen molar-refractivity contribution in [1.82, 2.24) is 10.0 Å². The van der Waals surface area contributed by atoms with Crippen LogP contribution in [0.2, 0.25) is 5.02 Å². The van der Waals surface area contributed by atoms with E-state index in [0.29, 0.717) is 10.6 Å². The second kappa shape index (κ2) is 5.49. The van der Waals surface area contributed by atoms with Crippen molar-refractivity contribution in [3.8, 4) is 0 Å². The molecule has 2 amide bonds. The SMILES string of the molecule is Cc1cc(S(=O)(=O)NC(=O)NC(C)(C)C)cc(N)c1Cl. The molecule has 0 bridgehead atoms. The van der Waals surface area contributed by atoms with Gasteiger partial charge in [0, 0.05) is 5.54 Å². The van der Waals surface area contributed by atoms with Crippen LogP contribution in [0.3, 0.4) is 0 Å². The first-order chi connectivity index (χ1) is 8.92. The fraction of sp³-hybridized carbons (Fsp3) is 0.417. The number of rotatable bonds is 2. The normalized spacial score (nSPS) is 12.1. The highest BCUT2D eigenvalue weighted by Crippen LogP contribution is 2.26. The first kappa shape index (κ1) is 16.6. The molecule has 1 rings (SSSR count). The molecule has 0 atom stereocenters. The Bertz CT molecular complexity index is 613. The summed E-state index contributed by atoms with van der Waals surface area (Å²) in [4.78, 5) is 11.5. The van der Waals surface area contributed by atoms with Gasteiger partial charge >= 0.3 is 6.03 Å². The molecule has 0 aliphatic carbocycles. The van der Waals surface area contributed by atoms with E-state index in [2.05, 4.69) is 5.32 Å². The van der Waals surface area contributed by atoms with E-state index >= 15 is 0 Å². The van der Waals surface area contributed by atoms with Crippen LogP contribution in [0, 0.1) is 6.92 Å². The Labute approximate surface area is 123 Å². The maximum atomic E-state index is 12.1. The average molecular weight is 320 g/mol. The highest BCUT2D eigenvalue weighted by atomic mass is 35.5. The Hall–Kier alpha value is -1.47. The molecule has 0 aliphatic rings. The zero-order chi connectivity index (χ0) is 15.7. The molecule has 0 heterocycles. The van der Waals surface area contributed by atoms with E-state index in [0.717, 1.165) is 0 Å². The molecule has 1 aromatic rings. The first-order valence-electron chi connectivity index (χ1n) is 5.83. The third kappa shape index (κ3) is 4.28. The minimum Gasteiger partial charge on any atom is -0.397 e. The van der Waals surface area contributed by atoms with Crippen molar-refractivity contribution in [2.75, 3.05) is 5.73 Å². The molecule has 0 aromatic heterocycles. The van der Waals surface area contributed by atoms with E-state index in [9.17, 15) is 13.2 Å². The number of carbonyl (C=O) groups is 1. The van der Waals surface area contributed by atoms with E-state index in [1.54, 1.807) is 27.7 Å². The predicted molar refractivity (Wildman–Crippen MR) is 79.2 cm³/mol. The number of nitrogens with two attached hydrogens (primary N) is 1. The zero-order valence-electron chi connectivity index (χ0n) is 11.7. The molecule has 0 saturated carbocycles. The maximum absolute atomic E-state index is 12.1. The fourth-order valence-corrected chi connectivity index (χ4v) is 2.60. The average Bonchev–Trinajstić information content (AvgIpc) is 2.21. The van der Waals surface area contributed by atoms with Crippen molar-refractivity contribution in [2.45, 2.75) is 38.1 Å². The van der Waals surface area contributed by atoms with Crippen LogP contribution in [0.15, 0.2) is 17.0 Å². The molecule has 4 N–H and O–H groups in total. The molecule has 0 fully saturated rings. The number of hydrogen-bond donors (Lipinski definition) is 3. The van der Waals surface area contributed by atoms with Gasteiger partial charge in [-0.05, 0) is 45.4 Å². The summed E-state index contributed by atoms with van der Waals surface area (Å²) in [5.41, 5.74) is 5.74. The number of benzene rings is 1. The van der Waals surface area contributed by atoms with Gasteiger partial charge in [0.05, 0.1) is 15.6 Å². The smallest absolute Gasteiger partial charge is 0.329 e. The number of amides is 2. The van der Waals surface area contributed by atoms with Crippen molar-refractivity contribution < 1.29 is 13.2 Å². The number of carbonyl (C=O) groups excluding carboxylic acids is 1. The second-order valence-electron chi connectivity index (χ2n) is 5.45. The van der Waals surface area contributed by atoms with Crippen LogP contribution in [0.1, 0.15) is 26.3 Å². The largest absolute Gasteiger partial charge is 0.397 e. The van der Waals surface area contributed by atoms with Crippen molar-refractivity contribution in [3.63, 3.8) is 0 Å². The van der Waals surface area contributed by atoms with Crippen LogP contribution < -0.4 is 15.8 Å². The van der Waals surface area contributed by atoms with Crippen LogP contribution in [0.4, 0.5) is 10.5 Å². The molecule has 0 unspecified atom stereocenters. The lowest BCUT2D eigenvalue weighted by Crippen LogP contribution is -2.48. The van der Waals surface area contributed by atoms with E-state index < -0.39 is 21.6 Å². The summed E-state index contributed by atoms with van der Waals surface area (Å²) in [6, 6.07) is 1.76. The van der Waals surface area contributed by atoms with Crippen molar-refractivity contribution in [1.29, 1.82) is 0 Å². The molecule has 0 radical (unpaired) electrons. The topological polar surface area (TPSA) is 101 Å². The monoisotopic (exact) mass is 319 g/mol. The molecule has 20 heavy (non-hydrogen) atoms. The Kier molecular flexibility index (Phi) is 4.55. The first-order valence-corrected chi connectivity index (χ1v) is 7.69. The van der Waals surface area contributed by atoms with Gasteiger partial charge in [0.2, 0.25) is 0 Å². The minimum absolute atomic E-state index is 0.110. The van der Waals surface area contributed by atoms with Crippen molar-refractivity contribution in [3.05, 3.63) is 22.7 Å². The van der Waals surface area contributed by atoms with Crippen LogP contribution >= 0.6 is 11.6 Å². The lowest BCUT2D eigenvalue weighted by atomic mass is 10.1. The lowest BCUT2D eigenvalue weighted by molar-refractivity contribution is 0.237. The minimum atomic E-state index is -3.99. The van der Waals surface area contributed by atoms with Crippen LogP contribution in [-0.4, -0.2) is 20.0 Å². The molecule has 112 valence electrons. The third-order valence-electron chi connectivity index (χ3n) is 2.28. The molecule has 0 spiro atoms. The summed E-state index contributed by atoms with van der Waals surface area (Å²) >= 11 is 5.87. The van der Waals surface area contributed by atoms with Crippen molar-refractivity contribution in [2.24, 2.45) is 0 Å². The van der Waals surface area contributed by atoms with Gasteiger partial charge in [-0.25, -0.2) is 17.9 Å². The summed E-state index contributed by atoms with van der Waals surface area (Å²) in [5, 5.41) is 2.79. The lowest BCUT2D eigenvalue weighted by Gasteiger charge is -2.20. The standard InChI is InChI=1S/C12H18ClN3O3S/c1-7-5-8(6-9(14)10(7)13)20(18,19)16-11(17)15-12(2,3)4/h5-6H,14H2,1-4H3,(H2,15,16,17). The Morgan fingerprint density at radius 2 is 1.85 bits per heavy atom. The van der Waals surface area contributed by atoms with Crippen LogP contribution in [-0.2, 0) is 10.0 Å². The fourth-order valence-electron chi connectivity index (χ4n) is 1.46. The molecule has 8 heteroatoms. The predicted octanol–water partition coefficient (Wildman–Crippen LogP) is 2.02. The van der Waals surface area contributed by atoms with Gasteiger partial charge in [-0.15, -0.1) is 0 Å². The summed E-state index contributed by atoms with van der Waals surface area (Å²) in [5.74, 6) is 0. The maximum Gasteiger partial charge on any atom is 0.329 e. The zero-order valence-corrected chi connectivity index (χ0v) is 13.3. The third-order valence-corrected chi connectivity index (χ3v) is 4.11. The number of anilines is 1. The van der Waals surface area contributed by atoms with Gasteiger partial charge in [-0.2, -0.15) is 0 Å². The van der Waals surface area contributed by atoms with Crippen LogP contribution in [0.25, 0.3) is 0 Å². The van der Waals surface area contributed by atoms with Crippen molar-refractivity contribution >= 4 is 33.3 Å². The highest BCUT2D eigenvalue weighted by molar-refractivity contribution is 7.90. The molecule has 0 saturated heterocycles. The molecule has 0 aliphatic heterocycles. The van der Waals surface area contributed by atoms with Gasteiger partial charge in [-0.3, -0.25) is 0 Å². The Morgan fingerprint density at radius 1 is 1.30 bits per heavy atom. The van der Waals surface area contributed by atoms with Gasteiger partial charge in [0.15, 0.2) is 0 Å². The van der Waals surface area contributed by atoms with E-state index in [1.165, 1.54) is 12.1 Å². The van der Waals surface area contributed by atoms with Crippen LogP contribution in [0.5, 0.6) is 0 Å². The molecular weight excluding hydrogens is 302 g/mol. The molecule has 6 nitrogen and oxygen atoms in total. The highest BCUT2D eigenvalue weighted by Gasteiger charge is 2.22. The van der Waals surface area contributed by atoms with Gasteiger partial charge in [0.25, 0.3) is 10.0 Å². The quantitative estimate of drug-likeness (QED) is 0.726. The van der Waals surface area contributed by atoms with Gasteiger partial charge < -0.3 is 11.1 Å². The number of aryl methyl sites for hydroxylation is 1. The summed E-state index contributed by atoms with van der Waals surface area (Å²) < 4.78 is 26.1. The number of hydrogen-bond acceptors (Lipinski definition) is 4. The number of urea groups is 1. The van der Waals surface area contributed by atoms with E-state index in [1.807, 2.05) is 4.72 Å². The van der Waals surface area contributed by atoms with E-state index in [-0.39, 0.29) is 10.6 Å². The number of nitrogen functional groups attached to an aromatic ring is 1. The summed E-state index contributed by atoms with van der Waals surface area (Å²) in [6.07, 6.45) is 0. The molecule has 1 aromatic carbocycles. The second-order valence-corrected chi connectivity index (χ2v) is 7.51.